The molecule has 0 aromatic carbocycles. The first kappa shape index (κ1) is 9.70. The van der Waals surface area contributed by atoms with E-state index in [1.54, 1.807) is 0 Å². The van der Waals surface area contributed by atoms with E-state index in [9.17, 15) is 0 Å². The molecule has 3 nitrogen and oxygen atoms in total. The van der Waals surface area contributed by atoms with Crippen LogP contribution in [0.1, 0.15) is 12.8 Å². The van der Waals surface area contributed by atoms with Crippen molar-refractivity contribution in [3.63, 3.8) is 0 Å². The van der Waals surface area contributed by atoms with Crippen molar-refractivity contribution in [2.24, 2.45) is 0 Å². The average Bonchev–Trinajstić information content (AvgIpc) is 2.07. The lowest BCUT2D eigenvalue weighted by Gasteiger charge is -2.22. The zero-order valence-electron chi connectivity index (χ0n) is 6.51. The Kier molecular flexibility index (Phi) is 5.43. The topological polar surface area (TPSA) is 30.5 Å². The minimum Gasteiger partial charge on any atom is -0.381 e. The molecule has 1 heterocycles. The van der Waals surface area contributed by atoms with Crippen molar-refractivity contribution in [2.75, 3.05) is 26.4 Å². The third-order valence-electron chi connectivity index (χ3n) is 1.83. The van der Waals surface area contributed by atoms with Gasteiger partial charge >= 0.3 is 0 Å². The molecular weight excluding hydrogens is 257 g/mol. The molecular formula is C7H14INO2. The molecule has 1 rings (SSSR count). The van der Waals surface area contributed by atoms with Crippen LogP contribution in [0.15, 0.2) is 0 Å². The Balaban J connectivity index is 1.96. The van der Waals surface area contributed by atoms with Gasteiger partial charge in [-0.3, -0.25) is 0 Å². The Morgan fingerprint density at radius 1 is 1.45 bits per heavy atom. The summed E-state index contributed by atoms with van der Waals surface area (Å²) >= 11 is 1.92. The summed E-state index contributed by atoms with van der Waals surface area (Å²) in [5.41, 5.74) is 0. The average molecular weight is 271 g/mol. The lowest BCUT2D eigenvalue weighted by Crippen LogP contribution is -2.36. The Morgan fingerprint density at radius 2 is 2.18 bits per heavy atom. The van der Waals surface area contributed by atoms with Crippen LogP contribution >= 0.6 is 23.0 Å². The van der Waals surface area contributed by atoms with Crippen molar-refractivity contribution in [1.82, 2.24) is 5.32 Å². The summed E-state index contributed by atoms with van der Waals surface area (Å²) in [6.45, 7) is 3.55. The van der Waals surface area contributed by atoms with E-state index in [0.29, 0.717) is 6.04 Å². The van der Waals surface area contributed by atoms with Crippen LogP contribution in [0.5, 0.6) is 0 Å². The second-order valence-electron chi connectivity index (χ2n) is 2.65. The van der Waals surface area contributed by atoms with E-state index in [2.05, 4.69) is 5.32 Å². The summed E-state index contributed by atoms with van der Waals surface area (Å²) in [4.78, 5) is 0. The van der Waals surface area contributed by atoms with Crippen LogP contribution in [-0.4, -0.2) is 32.4 Å². The highest BCUT2D eigenvalue weighted by Gasteiger charge is 2.11. The third-order valence-corrected chi connectivity index (χ3v) is 2.27. The number of ether oxygens (including phenoxy) is 1. The maximum absolute atomic E-state index is 5.23. The van der Waals surface area contributed by atoms with Gasteiger partial charge in [-0.1, -0.05) is 0 Å². The van der Waals surface area contributed by atoms with Gasteiger partial charge in [0.2, 0.25) is 0 Å². The molecule has 0 bridgehead atoms. The van der Waals surface area contributed by atoms with Crippen LogP contribution in [-0.2, 0) is 7.80 Å². The molecule has 0 saturated carbocycles. The molecule has 66 valence electrons. The van der Waals surface area contributed by atoms with Gasteiger partial charge in [0.05, 0.1) is 6.61 Å². The van der Waals surface area contributed by atoms with Gasteiger partial charge in [-0.2, -0.15) is 0 Å². The smallest absolute Gasteiger partial charge is 0.109 e. The van der Waals surface area contributed by atoms with Crippen LogP contribution in [0.3, 0.4) is 0 Å². The van der Waals surface area contributed by atoms with Crippen molar-refractivity contribution < 1.29 is 7.80 Å². The van der Waals surface area contributed by atoms with Gasteiger partial charge in [0.1, 0.15) is 23.0 Å². The molecule has 0 aliphatic carbocycles. The predicted octanol–water partition coefficient (Wildman–Crippen LogP) is 1.12. The van der Waals surface area contributed by atoms with Crippen LogP contribution in [0.4, 0.5) is 0 Å². The number of hydrogen-bond donors (Lipinski definition) is 1. The number of halogens is 1. The van der Waals surface area contributed by atoms with E-state index in [1.165, 1.54) is 0 Å². The molecule has 0 radical (unpaired) electrons. The SMILES string of the molecule is IOCCNC1CCOCC1. The molecule has 1 aliphatic heterocycles. The molecule has 1 N–H and O–H groups in total. The van der Waals surface area contributed by atoms with E-state index in [4.69, 9.17) is 7.80 Å². The molecule has 1 aliphatic rings. The van der Waals surface area contributed by atoms with Crippen molar-refractivity contribution in [3.05, 3.63) is 0 Å². The summed E-state index contributed by atoms with van der Waals surface area (Å²) in [6.07, 6.45) is 2.28. The fourth-order valence-corrected chi connectivity index (χ4v) is 1.42. The second-order valence-corrected chi connectivity index (χ2v) is 3.28. The molecule has 0 atom stereocenters. The van der Waals surface area contributed by atoms with Crippen LogP contribution in [0, 0.1) is 0 Å². The Hall–Kier alpha value is 0.610. The van der Waals surface area contributed by atoms with Crippen molar-refractivity contribution in [3.8, 4) is 0 Å². The largest absolute Gasteiger partial charge is 0.381 e. The first-order chi connectivity index (χ1) is 5.43. The normalized spacial score (nSPS) is 20.5. The highest BCUT2D eigenvalue weighted by Crippen LogP contribution is 2.05. The monoisotopic (exact) mass is 271 g/mol. The summed E-state index contributed by atoms with van der Waals surface area (Å²) in [5, 5.41) is 3.41. The first-order valence-corrected chi connectivity index (χ1v) is 4.86. The quantitative estimate of drug-likeness (QED) is 0.614. The summed E-state index contributed by atoms with van der Waals surface area (Å²) in [7, 11) is 0. The molecule has 11 heavy (non-hydrogen) atoms. The van der Waals surface area contributed by atoms with Crippen LogP contribution in [0.25, 0.3) is 0 Å². The lowest BCUT2D eigenvalue weighted by atomic mass is 10.1. The predicted molar refractivity (Wildman–Crippen MR) is 51.8 cm³/mol. The summed E-state index contributed by atoms with van der Waals surface area (Å²) < 4.78 is 10.1. The zero-order chi connectivity index (χ0) is 7.94. The fourth-order valence-electron chi connectivity index (χ4n) is 1.20. The molecule has 4 heteroatoms. The Labute approximate surface area is 81.5 Å². The first-order valence-electron chi connectivity index (χ1n) is 3.98. The number of rotatable bonds is 4. The molecule has 0 spiro atoms. The molecule has 1 saturated heterocycles. The highest BCUT2D eigenvalue weighted by molar-refractivity contribution is 14.1. The Bertz CT molecular complexity index is 96.4. The van der Waals surface area contributed by atoms with E-state index in [1.807, 2.05) is 23.0 Å². The molecule has 0 amide bonds. The highest BCUT2D eigenvalue weighted by atomic mass is 127. The Morgan fingerprint density at radius 3 is 2.82 bits per heavy atom. The van der Waals surface area contributed by atoms with E-state index >= 15 is 0 Å². The number of hydrogen-bond acceptors (Lipinski definition) is 3. The molecule has 0 aromatic rings. The fraction of sp³-hybridized carbons (Fsp3) is 1.00. The lowest BCUT2D eigenvalue weighted by molar-refractivity contribution is 0.0775. The van der Waals surface area contributed by atoms with Gasteiger partial charge in [-0.25, -0.2) is 0 Å². The van der Waals surface area contributed by atoms with E-state index < -0.39 is 0 Å². The number of nitrogens with one attached hydrogen (secondary N) is 1. The van der Waals surface area contributed by atoms with E-state index in [0.717, 1.165) is 39.2 Å². The van der Waals surface area contributed by atoms with Crippen molar-refractivity contribution in [2.45, 2.75) is 18.9 Å². The van der Waals surface area contributed by atoms with E-state index in [-0.39, 0.29) is 0 Å². The zero-order valence-corrected chi connectivity index (χ0v) is 8.67. The summed E-state index contributed by atoms with van der Waals surface area (Å²) in [5.74, 6) is 0. The maximum Gasteiger partial charge on any atom is 0.109 e. The standard InChI is InChI=1S/C7H14INO2/c8-11-6-3-9-7-1-4-10-5-2-7/h7,9H,1-6H2. The summed E-state index contributed by atoms with van der Waals surface area (Å²) in [6, 6.07) is 0.648. The molecule has 1 fully saturated rings. The van der Waals surface area contributed by atoms with Gasteiger partial charge in [0, 0.05) is 25.8 Å². The molecule has 0 unspecified atom stereocenters. The van der Waals surface area contributed by atoms with Crippen molar-refractivity contribution in [1.29, 1.82) is 0 Å². The van der Waals surface area contributed by atoms with Crippen LogP contribution < -0.4 is 5.32 Å². The second kappa shape index (κ2) is 6.16. The van der Waals surface area contributed by atoms with Crippen molar-refractivity contribution >= 4 is 23.0 Å². The van der Waals surface area contributed by atoms with Gasteiger partial charge in [-0.15, -0.1) is 0 Å². The minimum atomic E-state index is 0.648. The van der Waals surface area contributed by atoms with Gasteiger partial charge in [-0.05, 0) is 12.8 Å². The minimum absolute atomic E-state index is 0.648. The van der Waals surface area contributed by atoms with Gasteiger partial charge in [0.25, 0.3) is 0 Å². The van der Waals surface area contributed by atoms with Gasteiger partial charge < -0.3 is 13.1 Å². The maximum atomic E-state index is 5.23. The van der Waals surface area contributed by atoms with Crippen LogP contribution in [0.2, 0.25) is 0 Å². The van der Waals surface area contributed by atoms with Gasteiger partial charge in [0.15, 0.2) is 0 Å². The third kappa shape index (κ3) is 4.25. The molecule has 0 aromatic heterocycles.